The quantitative estimate of drug-likeness (QED) is 0.607. The van der Waals surface area contributed by atoms with Crippen LogP contribution >= 0.6 is 11.3 Å². The third kappa shape index (κ3) is 4.25. The molecule has 6 nitrogen and oxygen atoms in total. The molecule has 0 bridgehead atoms. The van der Waals surface area contributed by atoms with E-state index in [1.807, 2.05) is 0 Å². The van der Waals surface area contributed by atoms with Crippen LogP contribution in [0.4, 0.5) is 9.18 Å². The summed E-state index contributed by atoms with van der Waals surface area (Å²) in [7, 11) is -3.48. The number of rotatable bonds is 3. The lowest BCUT2D eigenvalue weighted by atomic mass is 10.1. The number of nitrogens with zero attached hydrogens (tertiary/aromatic N) is 2. The van der Waals surface area contributed by atoms with Crippen LogP contribution in [-0.4, -0.2) is 43.7 Å². The number of carbonyl (C=O) groups excluding carboxylic acids is 1. The molecule has 152 valence electrons. The van der Waals surface area contributed by atoms with Crippen LogP contribution in [0.2, 0.25) is 0 Å². The van der Waals surface area contributed by atoms with Gasteiger partial charge in [0.05, 0.1) is 15.1 Å². The van der Waals surface area contributed by atoms with Gasteiger partial charge in [0.15, 0.2) is 9.84 Å². The Hall–Kier alpha value is -2.52. The first-order chi connectivity index (χ1) is 13.8. The third-order valence-corrected chi connectivity index (χ3v) is 6.96. The highest BCUT2D eigenvalue weighted by Crippen LogP contribution is 2.34. The smallest absolute Gasteiger partial charge is 0.410 e. The van der Waals surface area contributed by atoms with Gasteiger partial charge in [0, 0.05) is 31.0 Å². The van der Waals surface area contributed by atoms with Gasteiger partial charge in [-0.2, -0.15) is 0 Å². The Balaban J connectivity index is 1.59. The summed E-state index contributed by atoms with van der Waals surface area (Å²) in [5, 5.41) is 0.428. The van der Waals surface area contributed by atoms with Crippen LogP contribution in [0.25, 0.3) is 20.8 Å². The van der Waals surface area contributed by atoms with Crippen molar-refractivity contribution in [3.8, 4) is 16.3 Å². The monoisotopic (exact) mass is 434 g/mol. The summed E-state index contributed by atoms with van der Waals surface area (Å²) in [4.78, 5) is 18.3. The minimum Gasteiger partial charge on any atom is -0.410 e. The minimum atomic E-state index is -3.48. The van der Waals surface area contributed by atoms with Gasteiger partial charge in [-0.1, -0.05) is 0 Å². The molecule has 0 atom stereocenters. The van der Waals surface area contributed by atoms with Gasteiger partial charge in [0.1, 0.15) is 16.6 Å². The molecule has 1 saturated heterocycles. The highest BCUT2D eigenvalue weighted by atomic mass is 32.2. The molecule has 1 aromatic heterocycles. The molecule has 1 fully saturated rings. The van der Waals surface area contributed by atoms with Gasteiger partial charge >= 0.3 is 6.09 Å². The van der Waals surface area contributed by atoms with Crippen LogP contribution in [0.1, 0.15) is 19.3 Å². The number of aromatic nitrogens is 1. The van der Waals surface area contributed by atoms with Crippen molar-refractivity contribution < 1.29 is 22.3 Å². The maximum Gasteiger partial charge on any atom is 0.415 e. The third-order valence-electron chi connectivity index (χ3n) is 4.78. The van der Waals surface area contributed by atoms with Crippen LogP contribution in [0.5, 0.6) is 5.75 Å². The first-order valence-corrected chi connectivity index (χ1v) is 11.9. The molecular formula is C20H19FN2O4S2. The van der Waals surface area contributed by atoms with Crippen LogP contribution in [-0.2, 0) is 9.84 Å². The fourth-order valence-electron chi connectivity index (χ4n) is 3.23. The Kier molecular flexibility index (Phi) is 5.26. The van der Waals surface area contributed by atoms with Crippen molar-refractivity contribution in [2.75, 3.05) is 19.3 Å². The molecule has 29 heavy (non-hydrogen) atoms. The van der Waals surface area contributed by atoms with E-state index in [1.165, 1.54) is 23.5 Å². The highest BCUT2D eigenvalue weighted by molar-refractivity contribution is 7.90. The van der Waals surface area contributed by atoms with Gasteiger partial charge < -0.3 is 9.64 Å². The number of hydrogen-bond donors (Lipinski definition) is 0. The molecule has 0 N–H and O–H groups in total. The Labute approximate surface area is 171 Å². The van der Waals surface area contributed by atoms with Crippen LogP contribution in [0, 0.1) is 5.82 Å². The second kappa shape index (κ2) is 7.72. The molecule has 9 heteroatoms. The second-order valence-corrected chi connectivity index (χ2v) is 10.0. The SMILES string of the molecule is CS(=O)(=O)c1ccc(-c2nc3cc(OC(=O)N4CCCCC4)ccc3s2)c(F)c1. The average Bonchev–Trinajstić information content (AvgIpc) is 3.11. The number of hydrogen-bond acceptors (Lipinski definition) is 6. The summed E-state index contributed by atoms with van der Waals surface area (Å²) in [5.74, 6) is -0.262. The van der Waals surface area contributed by atoms with Crippen molar-refractivity contribution in [2.24, 2.45) is 0 Å². The number of thiazole rings is 1. The Morgan fingerprint density at radius 1 is 1.14 bits per heavy atom. The Morgan fingerprint density at radius 2 is 1.90 bits per heavy atom. The van der Waals surface area contributed by atoms with Crippen molar-refractivity contribution in [1.82, 2.24) is 9.88 Å². The minimum absolute atomic E-state index is 0.0771. The maximum atomic E-state index is 14.5. The topological polar surface area (TPSA) is 76.6 Å². The lowest BCUT2D eigenvalue weighted by Gasteiger charge is -2.25. The fourth-order valence-corrected chi connectivity index (χ4v) is 4.83. The second-order valence-electron chi connectivity index (χ2n) is 6.98. The van der Waals surface area contributed by atoms with E-state index in [1.54, 1.807) is 23.1 Å². The van der Waals surface area contributed by atoms with Gasteiger partial charge in [-0.3, -0.25) is 0 Å². The highest BCUT2D eigenvalue weighted by Gasteiger charge is 2.19. The van der Waals surface area contributed by atoms with Crippen molar-refractivity contribution in [3.63, 3.8) is 0 Å². The van der Waals surface area contributed by atoms with E-state index >= 15 is 0 Å². The van der Waals surface area contributed by atoms with E-state index < -0.39 is 15.7 Å². The number of sulfone groups is 1. The van der Waals surface area contributed by atoms with Crippen LogP contribution in [0.3, 0.4) is 0 Å². The Morgan fingerprint density at radius 3 is 2.59 bits per heavy atom. The standard InChI is InChI=1S/C20H19FN2O4S2/c1-29(25,26)14-6-7-15(16(21)12-14)19-22-17-11-13(5-8-18(17)28-19)27-20(24)23-9-3-2-4-10-23/h5-8,11-12H,2-4,9-10H2,1H3. The maximum absolute atomic E-state index is 14.5. The lowest BCUT2D eigenvalue weighted by Crippen LogP contribution is -2.37. The number of amides is 1. The molecule has 1 amide bonds. The normalized spacial score (nSPS) is 14.9. The summed E-state index contributed by atoms with van der Waals surface area (Å²) >= 11 is 1.28. The molecule has 0 radical (unpaired) electrons. The summed E-state index contributed by atoms with van der Waals surface area (Å²) in [5.41, 5.74) is 0.811. The van der Waals surface area contributed by atoms with E-state index in [0.29, 0.717) is 29.4 Å². The number of halogens is 1. The van der Waals surface area contributed by atoms with Gasteiger partial charge in [0.2, 0.25) is 0 Å². The number of carbonyl (C=O) groups is 1. The molecule has 2 aromatic carbocycles. The fraction of sp³-hybridized carbons (Fsp3) is 0.300. The zero-order chi connectivity index (χ0) is 20.6. The molecule has 0 unspecified atom stereocenters. The number of benzene rings is 2. The van der Waals surface area contributed by atoms with Gasteiger partial charge in [-0.05, 0) is 49.6 Å². The van der Waals surface area contributed by atoms with Crippen molar-refractivity contribution in [3.05, 3.63) is 42.2 Å². The first kappa shape index (κ1) is 19.8. The van der Waals surface area contributed by atoms with E-state index in [2.05, 4.69) is 4.98 Å². The summed E-state index contributed by atoms with van der Waals surface area (Å²) in [6, 6.07) is 8.90. The van der Waals surface area contributed by atoms with Crippen LogP contribution < -0.4 is 4.74 Å². The zero-order valence-corrected chi connectivity index (χ0v) is 17.4. The van der Waals surface area contributed by atoms with Crippen molar-refractivity contribution in [2.45, 2.75) is 24.2 Å². The van der Waals surface area contributed by atoms with Crippen LogP contribution in [0.15, 0.2) is 41.3 Å². The van der Waals surface area contributed by atoms with E-state index in [0.717, 1.165) is 36.3 Å². The lowest BCUT2D eigenvalue weighted by molar-refractivity contribution is 0.142. The largest absolute Gasteiger partial charge is 0.415 e. The molecule has 0 spiro atoms. The number of fused-ring (bicyclic) bond motifs is 1. The molecule has 0 aliphatic carbocycles. The van der Waals surface area contributed by atoms with Crippen molar-refractivity contribution in [1.29, 1.82) is 0 Å². The molecule has 4 rings (SSSR count). The van der Waals surface area contributed by atoms with E-state index in [-0.39, 0.29) is 16.6 Å². The molecule has 0 saturated carbocycles. The Bertz CT molecular complexity index is 1180. The predicted octanol–water partition coefficient (Wildman–Crippen LogP) is 4.49. The summed E-state index contributed by atoms with van der Waals surface area (Å²) in [6.07, 6.45) is 3.74. The first-order valence-electron chi connectivity index (χ1n) is 9.18. The molecule has 3 aromatic rings. The molecule has 1 aliphatic heterocycles. The number of piperidine rings is 1. The average molecular weight is 435 g/mol. The summed E-state index contributed by atoms with van der Waals surface area (Å²) < 4.78 is 43.9. The molecule has 2 heterocycles. The molecule has 1 aliphatic rings. The predicted molar refractivity (Wildman–Crippen MR) is 110 cm³/mol. The van der Waals surface area contributed by atoms with Crippen molar-refractivity contribution >= 4 is 37.5 Å². The van der Waals surface area contributed by atoms with Gasteiger partial charge in [-0.25, -0.2) is 22.6 Å². The van der Waals surface area contributed by atoms with Gasteiger partial charge in [-0.15, -0.1) is 11.3 Å². The van der Waals surface area contributed by atoms with E-state index in [4.69, 9.17) is 4.74 Å². The summed E-state index contributed by atoms with van der Waals surface area (Å²) in [6.45, 7) is 1.40. The number of ether oxygens (including phenoxy) is 1. The van der Waals surface area contributed by atoms with Gasteiger partial charge in [0.25, 0.3) is 0 Å². The number of likely N-dealkylation sites (tertiary alicyclic amines) is 1. The molecular weight excluding hydrogens is 415 g/mol. The zero-order valence-electron chi connectivity index (χ0n) is 15.7. The van der Waals surface area contributed by atoms with E-state index in [9.17, 15) is 17.6 Å².